The number of nitrogens with two attached hydrogens (primary N) is 1. The predicted octanol–water partition coefficient (Wildman–Crippen LogP) is 4.25. The number of hydrogen-bond donors (Lipinski definition) is 1. The van der Waals surface area contributed by atoms with Crippen LogP contribution < -0.4 is 10.6 Å². The van der Waals surface area contributed by atoms with Gasteiger partial charge in [-0.2, -0.15) is 0 Å². The summed E-state index contributed by atoms with van der Waals surface area (Å²) in [6.45, 7) is 3.32. The molecule has 0 saturated heterocycles. The van der Waals surface area contributed by atoms with Gasteiger partial charge in [0, 0.05) is 16.7 Å². The molecule has 0 atom stereocenters. The molecular formula is C16H18BrFN2. The number of benzene rings is 2. The van der Waals surface area contributed by atoms with Crippen LogP contribution in [0.2, 0.25) is 0 Å². The van der Waals surface area contributed by atoms with Crippen molar-refractivity contribution in [2.45, 2.75) is 13.3 Å². The summed E-state index contributed by atoms with van der Waals surface area (Å²) in [5.74, 6) is -0.212. The van der Waals surface area contributed by atoms with Crippen LogP contribution in [-0.4, -0.2) is 13.1 Å². The van der Waals surface area contributed by atoms with Crippen LogP contribution in [0, 0.1) is 5.82 Å². The molecule has 2 aromatic rings. The lowest BCUT2D eigenvalue weighted by Gasteiger charge is -2.24. The summed E-state index contributed by atoms with van der Waals surface area (Å²) in [5, 5.41) is 0. The standard InChI is InChI=1S/C16H18BrFN2/c1-2-20(16-6-4-3-5-15(16)18)13-8-7-12(9-10-19)14(17)11-13/h3-8,11H,2,9-10,19H2,1H3. The molecule has 0 aliphatic carbocycles. The Balaban J connectivity index is 2.38. The summed E-state index contributed by atoms with van der Waals surface area (Å²) in [4.78, 5) is 1.95. The van der Waals surface area contributed by atoms with Crippen molar-refractivity contribution in [1.29, 1.82) is 0 Å². The van der Waals surface area contributed by atoms with Crippen molar-refractivity contribution >= 4 is 27.3 Å². The molecule has 2 N–H and O–H groups in total. The van der Waals surface area contributed by atoms with Crippen molar-refractivity contribution < 1.29 is 4.39 Å². The van der Waals surface area contributed by atoms with E-state index in [1.807, 2.05) is 36.1 Å². The van der Waals surface area contributed by atoms with Gasteiger partial charge in [0.05, 0.1) is 5.69 Å². The Hall–Kier alpha value is -1.39. The topological polar surface area (TPSA) is 29.3 Å². The van der Waals surface area contributed by atoms with Crippen LogP contribution in [0.5, 0.6) is 0 Å². The molecular weight excluding hydrogens is 319 g/mol. The fourth-order valence-corrected chi connectivity index (χ4v) is 2.79. The monoisotopic (exact) mass is 336 g/mol. The average molecular weight is 337 g/mol. The maximum atomic E-state index is 13.9. The molecule has 0 spiro atoms. The Morgan fingerprint density at radius 1 is 1.20 bits per heavy atom. The summed E-state index contributed by atoms with van der Waals surface area (Å²) in [6, 6.07) is 12.9. The Morgan fingerprint density at radius 3 is 2.55 bits per heavy atom. The van der Waals surface area contributed by atoms with E-state index in [9.17, 15) is 4.39 Å². The highest BCUT2D eigenvalue weighted by molar-refractivity contribution is 9.10. The fourth-order valence-electron chi connectivity index (χ4n) is 2.23. The first-order chi connectivity index (χ1) is 9.67. The summed E-state index contributed by atoms with van der Waals surface area (Å²) in [5.41, 5.74) is 8.31. The first-order valence-electron chi connectivity index (χ1n) is 6.68. The third kappa shape index (κ3) is 3.19. The Labute approximate surface area is 127 Å². The molecule has 0 aromatic heterocycles. The molecule has 2 nitrogen and oxygen atoms in total. The van der Waals surface area contributed by atoms with Crippen molar-refractivity contribution in [3.8, 4) is 0 Å². The number of para-hydroxylation sites is 1. The molecule has 0 aliphatic rings. The molecule has 2 rings (SSSR count). The number of hydrogen-bond acceptors (Lipinski definition) is 2. The van der Waals surface area contributed by atoms with Crippen molar-refractivity contribution in [2.75, 3.05) is 18.0 Å². The van der Waals surface area contributed by atoms with Crippen molar-refractivity contribution in [3.05, 3.63) is 58.3 Å². The van der Waals surface area contributed by atoms with Gasteiger partial charge in [0.2, 0.25) is 0 Å². The third-order valence-electron chi connectivity index (χ3n) is 3.22. The minimum absolute atomic E-state index is 0.212. The lowest BCUT2D eigenvalue weighted by Crippen LogP contribution is -2.17. The van der Waals surface area contributed by atoms with Crippen LogP contribution in [-0.2, 0) is 6.42 Å². The highest BCUT2D eigenvalue weighted by Gasteiger charge is 2.12. The molecule has 0 amide bonds. The van der Waals surface area contributed by atoms with Crippen LogP contribution >= 0.6 is 15.9 Å². The van der Waals surface area contributed by atoms with E-state index in [4.69, 9.17) is 5.73 Å². The lowest BCUT2D eigenvalue weighted by molar-refractivity contribution is 0.625. The van der Waals surface area contributed by atoms with Crippen LogP contribution in [0.3, 0.4) is 0 Å². The Kier molecular flexibility index (Phi) is 5.15. The molecule has 106 valence electrons. The number of anilines is 2. The molecule has 0 saturated carbocycles. The summed E-state index contributed by atoms with van der Waals surface area (Å²) >= 11 is 3.56. The zero-order valence-electron chi connectivity index (χ0n) is 11.4. The van der Waals surface area contributed by atoms with Gasteiger partial charge in [0.1, 0.15) is 5.82 Å². The van der Waals surface area contributed by atoms with Gasteiger partial charge in [-0.15, -0.1) is 0 Å². The van der Waals surface area contributed by atoms with E-state index in [1.165, 1.54) is 11.6 Å². The summed E-state index contributed by atoms with van der Waals surface area (Å²) in [6.07, 6.45) is 0.826. The van der Waals surface area contributed by atoms with E-state index in [0.29, 0.717) is 18.8 Å². The third-order valence-corrected chi connectivity index (χ3v) is 3.96. The van der Waals surface area contributed by atoms with Gasteiger partial charge in [-0.25, -0.2) is 4.39 Å². The Morgan fingerprint density at radius 2 is 1.95 bits per heavy atom. The van der Waals surface area contributed by atoms with Crippen LogP contribution in [0.4, 0.5) is 15.8 Å². The van der Waals surface area contributed by atoms with Crippen molar-refractivity contribution in [1.82, 2.24) is 0 Å². The lowest BCUT2D eigenvalue weighted by atomic mass is 10.1. The maximum Gasteiger partial charge on any atom is 0.146 e. The zero-order valence-corrected chi connectivity index (χ0v) is 13.0. The summed E-state index contributed by atoms with van der Waals surface area (Å²) in [7, 11) is 0. The molecule has 4 heteroatoms. The largest absolute Gasteiger partial charge is 0.339 e. The van der Waals surface area contributed by atoms with E-state index < -0.39 is 0 Å². The van der Waals surface area contributed by atoms with Gasteiger partial charge in [-0.1, -0.05) is 34.1 Å². The van der Waals surface area contributed by atoms with E-state index in [1.54, 1.807) is 12.1 Å². The van der Waals surface area contributed by atoms with Gasteiger partial charge in [0.15, 0.2) is 0 Å². The minimum Gasteiger partial charge on any atom is -0.339 e. The second-order valence-electron chi connectivity index (χ2n) is 4.51. The molecule has 0 radical (unpaired) electrons. The normalized spacial score (nSPS) is 10.6. The second-order valence-corrected chi connectivity index (χ2v) is 5.36. The van der Waals surface area contributed by atoms with Gasteiger partial charge in [-0.3, -0.25) is 0 Å². The van der Waals surface area contributed by atoms with Crippen molar-refractivity contribution in [3.63, 3.8) is 0 Å². The van der Waals surface area contributed by atoms with E-state index in [2.05, 4.69) is 15.9 Å². The maximum absolute atomic E-state index is 13.9. The minimum atomic E-state index is -0.212. The molecule has 0 aliphatic heterocycles. The number of rotatable bonds is 5. The molecule has 0 heterocycles. The molecule has 20 heavy (non-hydrogen) atoms. The van der Waals surface area contributed by atoms with Crippen LogP contribution in [0.15, 0.2) is 46.9 Å². The molecule has 0 bridgehead atoms. The highest BCUT2D eigenvalue weighted by atomic mass is 79.9. The average Bonchev–Trinajstić information content (AvgIpc) is 2.45. The predicted molar refractivity (Wildman–Crippen MR) is 86.0 cm³/mol. The summed E-state index contributed by atoms with van der Waals surface area (Å²) < 4.78 is 15.0. The Bertz CT molecular complexity index is 586. The van der Waals surface area contributed by atoms with Crippen molar-refractivity contribution in [2.24, 2.45) is 5.73 Å². The van der Waals surface area contributed by atoms with Gasteiger partial charge in [0.25, 0.3) is 0 Å². The molecule has 0 unspecified atom stereocenters. The number of nitrogens with zero attached hydrogens (tertiary/aromatic N) is 1. The molecule has 2 aromatic carbocycles. The second kappa shape index (κ2) is 6.86. The van der Waals surface area contributed by atoms with E-state index >= 15 is 0 Å². The van der Waals surface area contributed by atoms with Gasteiger partial charge < -0.3 is 10.6 Å². The first-order valence-corrected chi connectivity index (χ1v) is 7.47. The smallest absolute Gasteiger partial charge is 0.146 e. The zero-order chi connectivity index (χ0) is 14.5. The molecule has 0 fully saturated rings. The van der Waals surface area contributed by atoms with E-state index in [-0.39, 0.29) is 5.82 Å². The van der Waals surface area contributed by atoms with Gasteiger partial charge >= 0.3 is 0 Å². The van der Waals surface area contributed by atoms with Gasteiger partial charge in [-0.05, 0) is 49.7 Å². The first kappa shape index (κ1) is 15.0. The van der Waals surface area contributed by atoms with Crippen LogP contribution in [0.25, 0.3) is 0 Å². The number of halogens is 2. The van der Waals surface area contributed by atoms with Crippen LogP contribution in [0.1, 0.15) is 12.5 Å². The fraction of sp³-hybridized carbons (Fsp3) is 0.250. The SMILES string of the molecule is CCN(c1ccc(CCN)c(Br)c1)c1ccccc1F. The highest BCUT2D eigenvalue weighted by Crippen LogP contribution is 2.31. The quantitative estimate of drug-likeness (QED) is 0.884. The van der Waals surface area contributed by atoms with E-state index in [0.717, 1.165) is 16.6 Å².